The van der Waals surface area contributed by atoms with Gasteiger partial charge in [0, 0.05) is 5.56 Å². The number of rotatable bonds is 11. The Bertz CT molecular complexity index is 1080. The zero-order valence-electron chi connectivity index (χ0n) is 24.0. The van der Waals surface area contributed by atoms with Crippen molar-refractivity contribution >= 4 is 11.9 Å². The minimum atomic E-state index is -1.10. The molecule has 0 spiro atoms. The monoisotopic (exact) mass is 511 g/mol. The number of amides is 1. The molecule has 37 heavy (non-hydrogen) atoms. The van der Waals surface area contributed by atoms with Crippen LogP contribution < -0.4 is 10.1 Å². The fourth-order valence-corrected chi connectivity index (χ4v) is 4.25. The number of ether oxygens (including phenoxy) is 2. The molecule has 0 bridgehead atoms. The number of aliphatic hydroxyl groups is 1. The average Bonchev–Trinajstić information content (AvgIpc) is 2.82. The predicted molar refractivity (Wildman–Crippen MR) is 148 cm³/mol. The van der Waals surface area contributed by atoms with Crippen molar-refractivity contribution in [2.45, 2.75) is 92.2 Å². The van der Waals surface area contributed by atoms with E-state index in [4.69, 9.17) is 9.47 Å². The third-order valence-electron chi connectivity index (χ3n) is 7.00. The van der Waals surface area contributed by atoms with E-state index in [1.807, 2.05) is 52.8 Å². The van der Waals surface area contributed by atoms with E-state index in [0.717, 1.165) is 36.1 Å². The molecular formula is C31H45NO5. The summed E-state index contributed by atoms with van der Waals surface area (Å²) in [6.07, 6.45) is 2.38. The topological polar surface area (TPSA) is 84.9 Å². The SMILES string of the molecule is CCC(CCc1ccc(OCC(O)C(C)(C)C)c(C)c1)c1ccc(C(=O)NC(C)(C)C(=O)OC)c(C)c1. The molecule has 0 aliphatic carbocycles. The first-order valence-corrected chi connectivity index (χ1v) is 13.1. The molecule has 0 heterocycles. The van der Waals surface area contributed by atoms with Gasteiger partial charge >= 0.3 is 5.97 Å². The van der Waals surface area contributed by atoms with E-state index >= 15 is 0 Å². The van der Waals surface area contributed by atoms with Crippen molar-refractivity contribution < 1.29 is 24.2 Å². The normalized spacial score (nSPS) is 13.6. The molecule has 2 N–H and O–H groups in total. The van der Waals surface area contributed by atoms with Crippen LogP contribution in [0.25, 0.3) is 0 Å². The Kier molecular flexibility index (Phi) is 10.3. The Morgan fingerprint density at radius 2 is 1.68 bits per heavy atom. The first kappa shape index (κ1) is 30.4. The smallest absolute Gasteiger partial charge is 0.330 e. The highest BCUT2D eigenvalue weighted by atomic mass is 16.5. The van der Waals surface area contributed by atoms with Crippen LogP contribution in [0.15, 0.2) is 36.4 Å². The van der Waals surface area contributed by atoms with Gasteiger partial charge in [-0.2, -0.15) is 0 Å². The molecule has 2 rings (SSSR count). The van der Waals surface area contributed by atoms with Crippen molar-refractivity contribution in [3.05, 3.63) is 64.2 Å². The van der Waals surface area contributed by atoms with Crippen LogP contribution in [-0.4, -0.2) is 42.3 Å². The summed E-state index contributed by atoms with van der Waals surface area (Å²) in [7, 11) is 1.31. The molecule has 204 valence electrons. The number of nitrogens with one attached hydrogen (secondary N) is 1. The molecule has 0 aromatic heterocycles. The number of carbonyl (C=O) groups excluding carboxylic acids is 2. The van der Waals surface area contributed by atoms with Gasteiger partial charge in [0.2, 0.25) is 0 Å². The Morgan fingerprint density at radius 1 is 1.00 bits per heavy atom. The summed E-state index contributed by atoms with van der Waals surface area (Å²) in [4.78, 5) is 24.7. The maximum absolute atomic E-state index is 12.8. The highest BCUT2D eigenvalue weighted by Crippen LogP contribution is 2.29. The number of hydrogen-bond acceptors (Lipinski definition) is 5. The molecule has 2 atom stereocenters. The van der Waals surface area contributed by atoms with E-state index in [1.165, 1.54) is 18.2 Å². The van der Waals surface area contributed by atoms with Crippen LogP contribution in [-0.2, 0) is 16.0 Å². The molecule has 6 nitrogen and oxygen atoms in total. The summed E-state index contributed by atoms with van der Waals surface area (Å²) in [6, 6.07) is 12.2. The van der Waals surface area contributed by atoms with Crippen molar-refractivity contribution in [2.24, 2.45) is 5.41 Å². The van der Waals surface area contributed by atoms with Crippen molar-refractivity contribution in [2.75, 3.05) is 13.7 Å². The fourth-order valence-electron chi connectivity index (χ4n) is 4.25. The van der Waals surface area contributed by atoms with Crippen LogP contribution in [0.4, 0.5) is 0 Å². The molecule has 0 aliphatic heterocycles. The van der Waals surface area contributed by atoms with Gasteiger partial charge in [0.25, 0.3) is 5.91 Å². The van der Waals surface area contributed by atoms with E-state index in [9.17, 15) is 14.7 Å². The van der Waals surface area contributed by atoms with Crippen molar-refractivity contribution in [3.8, 4) is 5.75 Å². The molecule has 2 unspecified atom stereocenters. The van der Waals surface area contributed by atoms with Crippen LogP contribution in [0.2, 0.25) is 0 Å². The third kappa shape index (κ3) is 8.32. The third-order valence-corrected chi connectivity index (χ3v) is 7.00. The molecule has 0 saturated heterocycles. The number of esters is 1. The minimum absolute atomic E-state index is 0.219. The second kappa shape index (κ2) is 12.6. The zero-order chi connectivity index (χ0) is 28.0. The molecule has 2 aromatic carbocycles. The lowest BCUT2D eigenvalue weighted by molar-refractivity contribution is -0.146. The number of aryl methyl sites for hydroxylation is 3. The number of carbonyl (C=O) groups is 2. The Balaban J connectivity index is 2.05. The second-order valence-corrected chi connectivity index (χ2v) is 11.6. The van der Waals surface area contributed by atoms with Crippen LogP contribution in [0.3, 0.4) is 0 Å². The highest BCUT2D eigenvalue weighted by Gasteiger charge is 2.31. The quantitative estimate of drug-likeness (QED) is 0.367. The van der Waals surface area contributed by atoms with Crippen LogP contribution >= 0.6 is 0 Å². The molecule has 0 fully saturated rings. The summed E-state index contributed by atoms with van der Waals surface area (Å²) >= 11 is 0. The van der Waals surface area contributed by atoms with Crippen molar-refractivity contribution in [3.63, 3.8) is 0 Å². The van der Waals surface area contributed by atoms with Gasteiger partial charge in [-0.15, -0.1) is 0 Å². The van der Waals surface area contributed by atoms with Crippen molar-refractivity contribution in [1.82, 2.24) is 5.32 Å². The van der Waals surface area contributed by atoms with Crippen LogP contribution in [0.5, 0.6) is 5.75 Å². The second-order valence-electron chi connectivity index (χ2n) is 11.6. The van der Waals surface area contributed by atoms with E-state index in [0.29, 0.717) is 11.5 Å². The first-order chi connectivity index (χ1) is 17.2. The maximum Gasteiger partial charge on any atom is 0.330 e. The Labute approximate surface area is 222 Å². The van der Waals surface area contributed by atoms with Gasteiger partial charge in [0.15, 0.2) is 0 Å². The lowest BCUT2D eigenvalue weighted by Gasteiger charge is -2.26. The van der Waals surface area contributed by atoms with E-state index in [1.54, 1.807) is 13.8 Å². The summed E-state index contributed by atoms with van der Waals surface area (Å²) in [6.45, 7) is 15.7. The minimum Gasteiger partial charge on any atom is -0.491 e. The van der Waals surface area contributed by atoms with Gasteiger partial charge in [-0.3, -0.25) is 4.79 Å². The predicted octanol–water partition coefficient (Wildman–Crippen LogP) is 5.90. The van der Waals surface area contributed by atoms with Crippen LogP contribution in [0.1, 0.15) is 92.9 Å². The van der Waals surface area contributed by atoms with E-state index in [2.05, 4.69) is 30.4 Å². The lowest BCUT2D eigenvalue weighted by Crippen LogP contribution is -2.50. The number of aliphatic hydroxyl groups excluding tert-OH is 1. The maximum atomic E-state index is 12.8. The highest BCUT2D eigenvalue weighted by molar-refractivity contribution is 5.99. The zero-order valence-corrected chi connectivity index (χ0v) is 24.0. The fraction of sp³-hybridized carbons (Fsp3) is 0.548. The van der Waals surface area contributed by atoms with Gasteiger partial charge in [0.1, 0.15) is 17.9 Å². The lowest BCUT2D eigenvalue weighted by atomic mass is 9.88. The van der Waals surface area contributed by atoms with Gasteiger partial charge in [-0.1, -0.05) is 52.0 Å². The van der Waals surface area contributed by atoms with Crippen LogP contribution in [0, 0.1) is 19.3 Å². The number of hydrogen-bond donors (Lipinski definition) is 2. The molecule has 0 saturated carbocycles. The first-order valence-electron chi connectivity index (χ1n) is 13.1. The number of methoxy groups -OCH3 is 1. The molecule has 2 aromatic rings. The van der Waals surface area contributed by atoms with E-state index in [-0.39, 0.29) is 17.9 Å². The van der Waals surface area contributed by atoms with Crippen molar-refractivity contribution in [1.29, 1.82) is 0 Å². The molecule has 0 radical (unpaired) electrons. The molecule has 1 amide bonds. The number of benzene rings is 2. The van der Waals surface area contributed by atoms with Gasteiger partial charge in [0.05, 0.1) is 13.2 Å². The van der Waals surface area contributed by atoms with Gasteiger partial charge in [-0.05, 0) is 92.7 Å². The van der Waals surface area contributed by atoms with E-state index < -0.39 is 17.6 Å². The average molecular weight is 512 g/mol. The standard InChI is InChI=1S/C31H45NO5/c1-10-23(13-11-22-12-16-26(21(3)17-22)37-19-27(33)30(4,5)6)24-14-15-25(20(2)18-24)28(34)32-31(7,8)29(35)36-9/h12,14-18,23,27,33H,10-11,13,19H2,1-9H3,(H,32,34). The van der Waals surface area contributed by atoms with Gasteiger partial charge in [-0.25, -0.2) is 4.79 Å². The molecular weight excluding hydrogens is 466 g/mol. The molecule has 6 heteroatoms. The largest absolute Gasteiger partial charge is 0.491 e. The summed E-state index contributed by atoms with van der Waals surface area (Å²) in [5.74, 6) is 0.387. The summed E-state index contributed by atoms with van der Waals surface area (Å²) in [5.41, 5.74) is 3.63. The summed E-state index contributed by atoms with van der Waals surface area (Å²) < 4.78 is 10.7. The Morgan fingerprint density at radius 3 is 2.22 bits per heavy atom. The molecule has 0 aliphatic rings. The van der Waals surface area contributed by atoms with Gasteiger partial charge < -0.3 is 19.9 Å². The summed E-state index contributed by atoms with van der Waals surface area (Å²) in [5, 5.41) is 13.0. The Hall–Kier alpha value is -2.86.